The molecule has 0 spiro atoms. The maximum absolute atomic E-state index is 11.1. The highest BCUT2D eigenvalue weighted by Crippen LogP contribution is 2.33. The summed E-state index contributed by atoms with van der Waals surface area (Å²) in [5, 5.41) is 0.225. The van der Waals surface area contributed by atoms with E-state index in [0.29, 0.717) is 5.56 Å². The molecule has 1 heterocycles. The van der Waals surface area contributed by atoms with Crippen LogP contribution < -0.4 is 0 Å². The molecule has 0 unspecified atom stereocenters. The van der Waals surface area contributed by atoms with Crippen molar-refractivity contribution < 1.29 is 4.79 Å². The Morgan fingerprint density at radius 3 is 2.00 bits per heavy atom. The second kappa shape index (κ2) is 5.90. The van der Waals surface area contributed by atoms with Crippen LogP contribution in [0.2, 0.25) is 5.15 Å². The maximum atomic E-state index is 11.1. The Morgan fingerprint density at radius 1 is 0.857 bits per heavy atom. The van der Waals surface area contributed by atoms with Crippen molar-refractivity contribution in [2.75, 3.05) is 0 Å². The summed E-state index contributed by atoms with van der Waals surface area (Å²) in [6.45, 7) is 0. The molecule has 0 atom stereocenters. The van der Waals surface area contributed by atoms with Gasteiger partial charge in [0.1, 0.15) is 5.15 Å². The predicted octanol–water partition coefficient (Wildman–Crippen LogP) is 4.88. The van der Waals surface area contributed by atoms with Gasteiger partial charge in [-0.2, -0.15) is 0 Å². The summed E-state index contributed by atoms with van der Waals surface area (Å²) < 4.78 is 0. The van der Waals surface area contributed by atoms with Crippen LogP contribution in [0.3, 0.4) is 0 Å². The zero-order valence-corrected chi connectivity index (χ0v) is 11.9. The van der Waals surface area contributed by atoms with Crippen molar-refractivity contribution in [1.82, 2.24) is 4.98 Å². The molecule has 2 nitrogen and oxygen atoms in total. The summed E-state index contributed by atoms with van der Waals surface area (Å²) in [7, 11) is 0. The Balaban J connectivity index is 2.28. The van der Waals surface area contributed by atoms with Crippen molar-refractivity contribution in [3.05, 3.63) is 77.4 Å². The molecule has 21 heavy (non-hydrogen) atoms. The molecule has 3 heteroatoms. The fourth-order valence-corrected chi connectivity index (χ4v) is 2.43. The van der Waals surface area contributed by atoms with Gasteiger partial charge in [-0.25, -0.2) is 4.98 Å². The van der Waals surface area contributed by atoms with Crippen molar-refractivity contribution in [2.45, 2.75) is 0 Å². The lowest BCUT2D eigenvalue weighted by molar-refractivity contribution is 0.112. The van der Waals surface area contributed by atoms with Gasteiger partial charge < -0.3 is 0 Å². The summed E-state index contributed by atoms with van der Waals surface area (Å²) in [4.78, 5) is 15.6. The normalized spacial score (nSPS) is 10.3. The minimum Gasteiger partial charge on any atom is -0.298 e. The zero-order chi connectivity index (χ0) is 14.7. The third-order valence-electron chi connectivity index (χ3n) is 3.26. The van der Waals surface area contributed by atoms with E-state index in [9.17, 15) is 4.79 Å². The molecule has 3 rings (SSSR count). The van der Waals surface area contributed by atoms with Crippen LogP contribution in [0.25, 0.3) is 22.4 Å². The highest BCUT2D eigenvalue weighted by atomic mass is 35.5. The second-order valence-corrected chi connectivity index (χ2v) is 4.97. The molecule has 102 valence electrons. The third kappa shape index (κ3) is 2.71. The molecule has 0 saturated heterocycles. The van der Waals surface area contributed by atoms with Crippen LogP contribution in [-0.4, -0.2) is 11.3 Å². The molecular formula is C18H12ClNO. The summed E-state index contributed by atoms with van der Waals surface area (Å²) >= 11 is 6.10. The van der Waals surface area contributed by atoms with Gasteiger partial charge in [0, 0.05) is 11.1 Å². The quantitative estimate of drug-likeness (QED) is 0.509. The van der Waals surface area contributed by atoms with Crippen molar-refractivity contribution in [1.29, 1.82) is 0 Å². The number of carbonyl (C=O) groups excluding carboxylic acids is 1. The molecule has 0 aliphatic carbocycles. The minimum atomic E-state index is 0.225. The molecule has 0 aliphatic rings. The number of aldehydes is 1. The molecular weight excluding hydrogens is 282 g/mol. The van der Waals surface area contributed by atoms with Crippen molar-refractivity contribution in [3.8, 4) is 22.4 Å². The monoisotopic (exact) mass is 293 g/mol. The molecule has 0 fully saturated rings. The molecule has 0 aliphatic heterocycles. The number of hydrogen-bond acceptors (Lipinski definition) is 2. The van der Waals surface area contributed by atoms with Gasteiger partial charge in [0.15, 0.2) is 6.29 Å². The lowest BCUT2D eigenvalue weighted by Gasteiger charge is -2.11. The minimum absolute atomic E-state index is 0.225. The summed E-state index contributed by atoms with van der Waals surface area (Å²) in [6.07, 6.45) is 0.733. The van der Waals surface area contributed by atoms with Gasteiger partial charge in [-0.05, 0) is 11.6 Å². The fourth-order valence-electron chi connectivity index (χ4n) is 2.24. The molecule has 1 aromatic heterocycles. The van der Waals surface area contributed by atoms with Crippen LogP contribution in [0.15, 0.2) is 66.7 Å². The molecule has 0 N–H and O–H groups in total. The van der Waals surface area contributed by atoms with Crippen molar-refractivity contribution in [2.24, 2.45) is 0 Å². The number of halogens is 1. The first-order chi connectivity index (χ1) is 10.3. The molecule has 0 amide bonds. The number of benzene rings is 2. The van der Waals surface area contributed by atoms with Gasteiger partial charge in [0.05, 0.1) is 11.3 Å². The van der Waals surface area contributed by atoms with Gasteiger partial charge >= 0.3 is 0 Å². The Morgan fingerprint density at radius 2 is 1.43 bits per heavy atom. The third-order valence-corrected chi connectivity index (χ3v) is 3.56. The van der Waals surface area contributed by atoms with Crippen molar-refractivity contribution >= 4 is 17.9 Å². The molecule has 3 aromatic rings. The lowest BCUT2D eigenvalue weighted by atomic mass is 9.98. The van der Waals surface area contributed by atoms with Crippen LogP contribution in [0, 0.1) is 0 Å². The van der Waals surface area contributed by atoms with Gasteiger partial charge in [-0.3, -0.25) is 4.79 Å². The Kier molecular flexibility index (Phi) is 3.80. The number of hydrogen-bond donors (Lipinski definition) is 0. The summed E-state index contributed by atoms with van der Waals surface area (Å²) in [5.41, 5.74) is 4.04. The van der Waals surface area contributed by atoms with Crippen LogP contribution in [-0.2, 0) is 0 Å². The zero-order valence-electron chi connectivity index (χ0n) is 11.2. The highest BCUT2D eigenvalue weighted by Gasteiger charge is 2.13. The first kappa shape index (κ1) is 13.5. The topological polar surface area (TPSA) is 30.0 Å². The fraction of sp³-hybridized carbons (Fsp3) is 0. The average molecular weight is 294 g/mol. The number of pyridine rings is 1. The van der Waals surface area contributed by atoms with E-state index in [2.05, 4.69) is 4.98 Å². The highest BCUT2D eigenvalue weighted by molar-refractivity contribution is 6.32. The Hall–Kier alpha value is -2.45. The lowest BCUT2D eigenvalue weighted by Crippen LogP contribution is -1.94. The van der Waals surface area contributed by atoms with Crippen LogP contribution >= 0.6 is 11.6 Å². The summed E-state index contributed by atoms with van der Waals surface area (Å²) in [5.74, 6) is 0. The van der Waals surface area contributed by atoms with Gasteiger partial charge in [-0.15, -0.1) is 0 Å². The standard InChI is InChI=1S/C18H12ClNO/c19-18-15(12-21)11-16(13-7-3-1-4-8-13)17(20-18)14-9-5-2-6-10-14/h1-12H. The van der Waals surface area contributed by atoms with Crippen molar-refractivity contribution in [3.63, 3.8) is 0 Å². The predicted molar refractivity (Wildman–Crippen MR) is 85.5 cm³/mol. The van der Waals surface area contributed by atoms with E-state index in [1.807, 2.05) is 60.7 Å². The van der Waals surface area contributed by atoms with Crippen LogP contribution in [0.1, 0.15) is 10.4 Å². The molecule has 0 radical (unpaired) electrons. The average Bonchev–Trinajstić information content (AvgIpc) is 2.56. The van der Waals surface area contributed by atoms with E-state index in [1.165, 1.54) is 0 Å². The first-order valence-electron chi connectivity index (χ1n) is 6.56. The largest absolute Gasteiger partial charge is 0.298 e. The Labute approximate surface area is 128 Å². The number of aromatic nitrogens is 1. The van der Waals surface area contributed by atoms with E-state index in [1.54, 1.807) is 6.07 Å². The smallest absolute Gasteiger partial charge is 0.153 e. The van der Waals surface area contributed by atoms with E-state index >= 15 is 0 Å². The Bertz CT molecular complexity index is 770. The van der Waals surface area contributed by atoms with E-state index < -0.39 is 0 Å². The first-order valence-corrected chi connectivity index (χ1v) is 6.94. The number of nitrogens with zero attached hydrogens (tertiary/aromatic N) is 1. The van der Waals surface area contributed by atoms with E-state index in [-0.39, 0.29) is 5.15 Å². The molecule has 2 aromatic carbocycles. The second-order valence-electron chi connectivity index (χ2n) is 4.61. The van der Waals surface area contributed by atoms with Crippen LogP contribution in [0.5, 0.6) is 0 Å². The SMILES string of the molecule is O=Cc1cc(-c2ccccc2)c(-c2ccccc2)nc1Cl. The van der Waals surface area contributed by atoms with E-state index in [4.69, 9.17) is 11.6 Å². The van der Waals surface area contributed by atoms with Gasteiger partial charge in [-0.1, -0.05) is 72.3 Å². The van der Waals surface area contributed by atoms with Gasteiger partial charge in [0.2, 0.25) is 0 Å². The van der Waals surface area contributed by atoms with Crippen LogP contribution in [0.4, 0.5) is 0 Å². The van der Waals surface area contributed by atoms with Gasteiger partial charge in [0.25, 0.3) is 0 Å². The maximum Gasteiger partial charge on any atom is 0.153 e. The summed E-state index contributed by atoms with van der Waals surface area (Å²) in [6, 6.07) is 21.5. The number of carbonyl (C=O) groups is 1. The molecule has 0 saturated carbocycles. The van der Waals surface area contributed by atoms with E-state index in [0.717, 1.165) is 28.7 Å². The number of rotatable bonds is 3. The molecule has 0 bridgehead atoms.